The number of aromatic nitrogens is 2. The monoisotopic (exact) mass is 334 g/mol. The molecule has 2 atom stereocenters. The normalized spacial score (nSPS) is 23.2. The van der Waals surface area contributed by atoms with E-state index in [1.54, 1.807) is 0 Å². The molecule has 1 aliphatic heterocycles. The van der Waals surface area contributed by atoms with Crippen LogP contribution in [0.5, 0.6) is 0 Å². The van der Waals surface area contributed by atoms with Crippen LogP contribution in [0.25, 0.3) is 0 Å². The molecule has 6 heteroatoms. The fraction of sp³-hybridized carbons (Fsp3) is 0.778. The van der Waals surface area contributed by atoms with E-state index in [-0.39, 0.29) is 12.1 Å². The Morgan fingerprint density at radius 1 is 1.38 bits per heavy atom. The van der Waals surface area contributed by atoms with Gasteiger partial charge in [0.1, 0.15) is 11.4 Å². The van der Waals surface area contributed by atoms with E-state index in [1.165, 1.54) is 12.8 Å². The summed E-state index contributed by atoms with van der Waals surface area (Å²) < 4.78 is 7.63. The van der Waals surface area contributed by atoms with Crippen LogP contribution in [0.3, 0.4) is 0 Å². The number of imidazole rings is 1. The van der Waals surface area contributed by atoms with Gasteiger partial charge in [0.25, 0.3) is 0 Å². The largest absolute Gasteiger partial charge is 0.444 e. The molecule has 0 spiro atoms. The predicted octanol–water partition coefficient (Wildman–Crippen LogP) is 2.86. The third-order valence-corrected chi connectivity index (χ3v) is 4.72. The van der Waals surface area contributed by atoms with Gasteiger partial charge in [0.15, 0.2) is 0 Å². The van der Waals surface area contributed by atoms with Gasteiger partial charge in [0.05, 0.1) is 6.04 Å². The first-order valence-corrected chi connectivity index (χ1v) is 9.04. The molecule has 0 bridgehead atoms. The highest BCUT2D eigenvalue weighted by molar-refractivity contribution is 5.68. The maximum atomic E-state index is 12.3. The molecule has 2 fully saturated rings. The Kier molecular flexibility index (Phi) is 4.85. The minimum Gasteiger partial charge on any atom is -0.444 e. The van der Waals surface area contributed by atoms with Crippen LogP contribution >= 0.6 is 0 Å². The summed E-state index contributed by atoms with van der Waals surface area (Å²) in [5.74, 6) is 1.77. The molecule has 1 saturated heterocycles. The Labute approximate surface area is 144 Å². The fourth-order valence-electron chi connectivity index (χ4n) is 3.39. The Hall–Kier alpha value is -1.56. The summed E-state index contributed by atoms with van der Waals surface area (Å²) in [6.07, 6.45) is 8.27. The van der Waals surface area contributed by atoms with Gasteiger partial charge in [-0.2, -0.15) is 0 Å². The van der Waals surface area contributed by atoms with E-state index in [9.17, 15) is 4.79 Å². The van der Waals surface area contributed by atoms with Crippen molar-refractivity contribution in [1.82, 2.24) is 19.8 Å². The van der Waals surface area contributed by atoms with Crippen LogP contribution in [0, 0.1) is 5.92 Å². The van der Waals surface area contributed by atoms with Crippen molar-refractivity contribution in [2.24, 2.45) is 13.0 Å². The standard InChI is InChI=1S/C18H30N4O2/c1-18(2,3)24-17(23)22-10-5-6-14(12-22)20-15(13-7-8-13)16-19-9-11-21(16)4/h9,11,13-15,20H,5-8,10,12H2,1-4H3/t14-,15+/m0/s1. The number of nitrogens with one attached hydrogen (secondary N) is 1. The Morgan fingerprint density at radius 3 is 2.71 bits per heavy atom. The summed E-state index contributed by atoms with van der Waals surface area (Å²) in [7, 11) is 2.05. The lowest BCUT2D eigenvalue weighted by atomic mass is 10.0. The molecule has 2 aliphatic rings. The molecule has 134 valence electrons. The lowest BCUT2D eigenvalue weighted by Gasteiger charge is -2.36. The molecule has 0 unspecified atom stereocenters. The number of likely N-dealkylation sites (tertiary alicyclic amines) is 1. The van der Waals surface area contributed by atoms with Crippen LogP contribution in [-0.4, -0.2) is 45.3 Å². The maximum absolute atomic E-state index is 12.3. The van der Waals surface area contributed by atoms with Gasteiger partial charge in [-0.05, 0) is 52.4 Å². The van der Waals surface area contributed by atoms with E-state index in [0.29, 0.717) is 18.5 Å². The summed E-state index contributed by atoms with van der Waals surface area (Å²) >= 11 is 0. The number of rotatable bonds is 4. The first-order valence-electron chi connectivity index (χ1n) is 9.04. The molecule has 24 heavy (non-hydrogen) atoms. The molecule has 1 aromatic heterocycles. The highest BCUT2D eigenvalue weighted by Crippen LogP contribution is 2.41. The zero-order valence-electron chi connectivity index (χ0n) is 15.3. The molecule has 3 rings (SSSR count). The number of nitrogens with zero attached hydrogens (tertiary/aromatic N) is 3. The molecule has 0 aromatic carbocycles. The molecule has 6 nitrogen and oxygen atoms in total. The van der Waals surface area contributed by atoms with Crippen molar-refractivity contribution in [1.29, 1.82) is 0 Å². The molecular weight excluding hydrogens is 304 g/mol. The van der Waals surface area contributed by atoms with Crippen molar-refractivity contribution in [2.75, 3.05) is 13.1 Å². The lowest BCUT2D eigenvalue weighted by Crippen LogP contribution is -2.50. The molecule has 2 heterocycles. The third kappa shape index (κ3) is 4.29. The van der Waals surface area contributed by atoms with E-state index in [4.69, 9.17) is 4.74 Å². The van der Waals surface area contributed by atoms with Crippen LogP contribution in [0.1, 0.15) is 58.3 Å². The topological polar surface area (TPSA) is 59.4 Å². The number of carbonyl (C=O) groups excluding carboxylic acids is 1. The van der Waals surface area contributed by atoms with Crippen LogP contribution in [0.4, 0.5) is 4.79 Å². The second-order valence-electron chi connectivity index (χ2n) is 8.14. The van der Waals surface area contributed by atoms with Gasteiger partial charge in [-0.25, -0.2) is 9.78 Å². The van der Waals surface area contributed by atoms with Crippen molar-refractivity contribution < 1.29 is 9.53 Å². The summed E-state index contributed by atoms with van der Waals surface area (Å²) in [5.41, 5.74) is -0.443. The number of hydrogen-bond acceptors (Lipinski definition) is 4. The van der Waals surface area contributed by atoms with Gasteiger partial charge in [-0.3, -0.25) is 0 Å². The van der Waals surface area contributed by atoms with Crippen LogP contribution in [0.15, 0.2) is 12.4 Å². The summed E-state index contributed by atoms with van der Waals surface area (Å²) in [5, 5.41) is 3.78. The molecule has 1 N–H and O–H groups in total. The fourth-order valence-corrected chi connectivity index (χ4v) is 3.39. The number of amides is 1. The number of ether oxygens (including phenoxy) is 1. The molecular formula is C18H30N4O2. The van der Waals surface area contributed by atoms with Crippen LogP contribution in [0.2, 0.25) is 0 Å². The predicted molar refractivity (Wildman–Crippen MR) is 92.6 cm³/mol. The number of hydrogen-bond donors (Lipinski definition) is 1. The van der Waals surface area contributed by atoms with Crippen LogP contribution < -0.4 is 5.32 Å². The molecule has 1 saturated carbocycles. The molecule has 1 aromatic rings. The molecule has 1 amide bonds. The number of aryl methyl sites for hydroxylation is 1. The zero-order chi connectivity index (χ0) is 17.3. The van der Waals surface area contributed by atoms with Crippen molar-refractivity contribution >= 4 is 6.09 Å². The van der Waals surface area contributed by atoms with Gasteiger partial charge in [0, 0.05) is 38.6 Å². The summed E-state index contributed by atoms with van der Waals surface area (Å²) in [4.78, 5) is 18.7. The van der Waals surface area contributed by atoms with Gasteiger partial charge < -0.3 is 19.5 Å². The van der Waals surface area contributed by atoms with Gasteiger partial charge in [-0.15, -0.1) is 0 Å². The average molecular weight is 334 g/mol. The minimum absolute atomic E-state index is 0.200. The number of piperidine rings is 1. The Morgan fingerprint density at radius 2 is 2.12 bits per heavy atom. The first-order chi connectivity index (χ1) is 11.3. The summed E-state index contributed by atoms with van der Waals surface area (Å²) in [6.45, 7) is 7.23. The third-order valence-electron chi connectivity index (χ3n) is 4.72. The maximum Gasteiger partial charge on any atom is 0.410 e. The van der Waals surface area contributed by atoms with E-state index in [1.807, 2.05) is 45.1 Å². The number of carbonyl (C=O) groups is 1. The van der Waals surface area contributed by atoms with E-state index in [0.717, 1.165) is 25.2 Å². The zero-order valence-corrected chi connectivity index (χ0v) is 15.3. The molecule has 0 radical (unpaired) electrons. The SMILES string of the molecule is Cn1ccnc1[C@H](N[C@H]1CCCN(C(=O)OC(C)(C)C)C1)C1CC1. The van der Waals surface area contributed by atoms with Crippen LogP contribution in [-0.2, 0) is 11.8 Å². The van der Waals surface area contributed by atoms with Gasteiger partial charge >= 0.3 is 6.09 Å². The molecule has 1 aliphatic carbocycles. The Bertz CT molecular complexity index is 574. The second-order valence-corrected chi connectivity index (χ2v) is 8.14. The van der Waals surface area contributed by atoms with Crippen molar-refractivity contribution in [3.63, 3.8) is 0 Å². The summed E-state index contributed by atoms with van der Waals surface area (Å²) in [6, 6.07) is 0.585. The van der Waals surface area contributed by atoms with E-state index >= 15 is 0 Å². The smallest absolute Gasteiger partial charge is 0.410 e. The lowest BCUT2D eigenvalue weighted by molar-refractivity contribution is 0.0181. The van der Waals surface area contributed by atoms with Gasteiger partial charge in [0.2, 0.25) is 0 Å². The van der Waals surface area contributed by atoms with Crippen molar-refractivity contribution in [3.8, 4) is 0 Å². The minimum atomic E-state index is -0.443. The van der Waals surface area contributed by atoms with E-state index in [2.05, 4.69) is 14.9 Å². The first kappa shape index (κ1) is 17.3. The Balaban J connectivity index is 1.62. The van der Waals surface area contributed by atoms with E-state index < -0.39 is 5.60 Å². The second kappa shape index (κ2) is 6.75. The highest BCUT2D eigenvalue weighted by Gasteiger charge is 2.37. The van der Waals surface area contributed by atoms with Crippen molar-refractivity contribution in [3.05, 3.63) is 18.2 Å². The highest BCUT2D eigenvalue weighted by atomic mass is 16.6. The quantitative estimate of drug-likeness (QED) is 0.920. The van der Waals surface area contributed by atoms with Gasteiger partial charge in [-0.1, -0.05) is 0 Å². The van der Waals surface area contributed by atoms with Crippen molar-refractivity contribution in [2.45, 2.75) is 64.1 Å². The average Bonchev–Trinajstić information content (AvgIpc) is 3.25.